The second kappa shape index (κ2) is 7.98. The Balaban J connectivity index is 1.64. The van der Waals surface area contributed by atoms with Crippen LogP contribution in [-0.2, 0) is 24.6 Å². The van der Waals surface area contributed by atoms with Crippen molar-refractivity contribution in [2.45, 2.75) is 39.5 Å². The van der Waals surface area contributed by atoms with E-state index in [9.17, 15) is 18.0 Å². The molecular formula is C18H24ClF3N6O. The third kappa shape index (κ3) is 4.42. The van der Waals surface area contributed by atoms with Crippen LogP contribution in [0, 0.1) is 13.8 Å². The van der Waals surface area contributed by atoms with Crippen molar-refractivity contribution in [2.75, 3.05) is 26.2 Å². The number of piperazine rings is 1. The van der Waals surface area contributed by atoms with Crippen LogP contribution in [0.2, 0.25) is 5.02 Å². The van der Waals surface area contributed by atoms with E-state index in [4.69, 9.17) is 11.6 Å². The van der Waals surface area contributed by atoms with Crippen LogP contribution in [0.15, 0.2) is 6.20 Å². The van der Waals surface area contributed by atoms with E-state index in [1.54, 1.807) is 16.5 Å². The highest BCUT2D eigenvalue weighted by atomic mass is 35.5. The molecule has 1 amide bonds. The second-order valence-electron chi connectivity index (χ2n) is 7.38. The van der Waals surface area contributed by atoms with Crippen molar-refractivity contribution < 1.29 is 18.0 Å². The molecule has 0 radical (unpaired) electrons. The summed E-state index contributed by atoms with van der Waals surface area (Å²) >= 11 is 5.80. The molecule has 0 spiro atoms. The number of carbonyl (C=O) groups is 1. The number of aromatic nitrogens is 4. The van der Waals surface area contributed by atoms with Crippen molar-refractivity contribution in [3.8, 4) is 0 Å². The molecule has 1 aliphatic heterocycles. The average Bonchev–Trinajstić information content (AvgIpc) is 3.13. The fourth-order valence-electron chi connectivity index (χ4n) is 3.60. The van der Waals surface area contributed by atoms with Crippen molar-refractivity contribution >= 4 is 17.5 Å². The second-order valence-corrected chi connectivity index (χ2v) is 7.76. The summed E-state index contributed by atoms with van der Waals surface area (Å²) in [6.45, 7) is 8.06. The Morgan fingerprint density at radius 2 is 1.83 bits per heavy atom. The van der Waals surface area contributed by atoms with Crippen molar-refractivity contribution in [1.29, 1.82) is 0 Å². The normalized spacial score (nSPS) is 17.0. The Morgan fingerprint density at radius 1 is 1.21 bits per heavy atom. The number of hydrogen-bond donors (Lipinski definition) is 0. The van der Waals surface area contributed by atoms with E-state index in [1.807, 2.05) is 20.2 Å². The van der Waals surface area contributed by atoms with Gasteiger partial charge >= 0.3 is 6.18 Å². The highest BCUT2D eigenvalue weighted by Gasteiger charge is 2.39. The molecule has 1 aliphatic rings. The van der Waals surface area contributed by atoms with Crippen LogP contribution in [0.25, 0.3) is 0 Å². The van der Waals surface area contributed by atoms with Crippen molar-refractivity contribution in [3.63, 3.8) is 0 Å². The molecule has 29 heavy (non-hydrogen) atoms. The third-order valence-electron chi connectivity index (χ3n) is 5.26. The molecule has 11 heteroatoms. The maximum Gasteiger partial charge on any atom is 0.436 e. The molecule has 0 bridgehead atoms. The molecule has 1 fully saturated rings. The Bertz CT molecular complexity index is 898. The molecule has 0 aromatic carbocycles. The van der Waals surface area contributed by atoms with Gasteiger partial charge in [0.05, 0.1) is 16.4 Å². The molecular weight excluding hydrogens is 409 g/mol. The minimum absolute atomic E-state index is 0.130. The predicted molar refractivity (Wildman–Crippen MR) is 101 cm³/mol. The number of halogens is 4. The van der Waals surface area contributed by atoms with Gasteiger partial charge in [0, 0.05) is 51.5 Å². The summed E-state index contributed by atoms with van der Waals surface area (Å²) in [4.78, 5) is 16.8. The molecule has 0 N–H and O–H groups in total. The Hall–Kier alpha value is -2.07. The van der Waals surface area contributed by atoms with Crippen LogP contribution < -0.4 is 0 Å². The van der Waals surface area contributed by atoms with Gasteiger partial charge in [0.1, 0.15) is 6.04 Å². The Kier molecular flexibility index (Phi) is 5.96. The first-order valence-corrected chi connectivity index (χ1v) is 9.69. The largest absolute Gasteiger partial charge is 0.436 e. The number of nitrogens with zero attached hydrogens (tertiary/aromatic N) is 6. The maximum absolute atomic E-state index is 13.0. The summed E-state index contributed by atoms with van der Waals surface area (Å²) in [5.41, 5.74) is 1.09. The van der Waals surface area contributed by atoms with E-state index in [2.05, 4.69) is 15.1 Å². The van der Waals surface area contributed by atoms with Gasteiger partial charge in [0.25, 0.3) is 0 Å². The molecule has 2 aromatic rings. The highest BCUT2D eigenvalue weighted by molar-refractivity contribution is 6.32. The summed E-state index contributed by atoms with van der Waals surface area (Å²) in [7, 11) is 1.88. The molecule has 3 heterocycles. The molecule has 160 valence electrons. The van der Waals surface area contributed by atoms with Crippen LogP contribution in [0.5, 0.6) is 0 Å². The molecule has 1 unspecified atom stereocenters. The van der Waals surface area contributed by atoms with Crippen LogP contribution in [0.3, 0.4) is 0 Å². The monoisotopic (exact) mass is 432 g/mol. The lowest BCUT2D eigenvalue weighted by molar-refractivity contribution is -0.142. The molecule has 3 rings (SSSR count). The lowest BCUT2D eigenvalue weighted by Gasteiger charge is -2.36. The van der Waals surface area contributed by atoms with Crippen molar-refractivity contribution in [3.05, 3.63) is 33.9 Å². The fraction of sp³-hybridized carbons (Fsp3) is 0.611. The first-order valence-electron chi connectivity index (χ1n) is 9.31. The summed E-state index contributed by atoms with van der Waals surface area (Å²) in [6.07, 6.45) is -2.68. The first kappa shape index (κ1) is 21.6. The van der Waals surface area contributed by atoms with Gasteiger partial charge in [-0.15, -0.1) is 0 Å². The van der Waals surface area contributed by atoms with Crippen molar-refractivity contribution in [1.82, 2.24) is 29.4 Å². The number of rotatable bonds is 4. The van der Waals surface area contributed by atoms with E-state index in [1.165, 1.54) is 6.92 Å². The zero-order valence-electron chi connectivity index (χ0n) is 16.8. The minimum atomic E-state index is -4.66. The lowest BCUT2D eigenvalue weighted by Crippen LogP contribution is -2.50. The zero-order chi connectivity index (χ0) is 21.5. The summed E-state index contributed by atoms with van der Waals surface area (Å²) < 4.78 is 42.0. The SMILES string of the molecule is Cc1nn(C)cc1CN1CCN(C(=O)C(C)n2nc(C(F)(F)F)c(Cl)c2C)CC1. The standard InChI is InChI=1S/C18H24ClF3N6O/c1-11-14(9-25(4)23-11)10-26-5-7-27(8-6-26)17(29)13(3)28-12(2)15(19)16(24-28)18(20,21)22/h9,13H,5-8,10H2,1-4H3. The van der Waals surface area contributed by atoms with Gasteiger partial charge in [0.2, 0.25) is 5.91 Å². The quantitative estimate of drug-likeness (QED) is 0.745. The van der Waals surface area contributed by atoms with E-state index < -0.39 is 22.9 Å². The molecule has 1 atom stereocenters. The molecule has 0 aliphatic carbocycles. The van der Waals surface area contributed by atoms with Crippen molar-refractivity contribution in [2.24, 2.45) is 7.05 Å². The number of amides is 1. The number of alkyl halides is 3. The van der Waals surface area contributed by atoms with Crippen LogP contribution >= 0.6 is 11.6 Å². The number of hydrogen-bond acceptors (Lipinski definition) is 4. The van der Waals surface area contributed by atoms with Gasteiger partial charge in [-0.2, -0.15) is 23.4 Å². The third-order valence-corrected chi connectivity index (χ3v) is 5.72. The summed E-state index contributed by atoms with van der Waals surface area (Å²) in [5, 5.41) is 7.44. The molecule has 2 aromatic heterocycles. The smallest absolute Gasteiger partial charge is 0.338 e. The Morgan fingerprint density at radius 3 is 2.31 bits per heavy atom. The lowest BCUT2D eigenvalue weighted by atomic mass is 10.2. The average molecular weight is 433 g/mol. The van der Waals surface area contributed by atoms with Gasteiger partial charge in [0.15, 0.2) is 5.69 Å². The predicted octanol–water partition coefficient (Wildman–Crippen LogP) is 2.81. The van der Waals surface area contributed by atoms with Gasteiger partial charge < -0.3 is 4.90 Å². The highest BCUT2D eigenvalue weighted by Crippen LogP contribution is 2.36. The van der Waals surface area contributed by atoms with Crippen LogP contribution in [0.1, 0.15) is 35.6 Å². The summed E-state index contributed by atoms with van der Waals surface area (Å²) in [6, 6.07) is -0.865. The fourth-order valence-corrected chi connectivity index (χ4v) is 3.83. The molecule has 7 nitrogen and oxygen atoms in total. The summed E-state index contributed by atoms with van der Waals surface area (Å²) in [5.74, 6) is -0.266. The van der Waals surface area contributed by atoms with Gasteiger partial charge in [-0.25, -0.2) is 0 Å². The van der Waals surface area contributed by atoms with E-state index >= 15 is 0 Å². The van der Waals surface area contributed by atoms with Crippen LogP contribution in [0.4, 0.5) is 13.2 Å². The number of carbonyl (C=O) groups excluding carboxylic acids is 1. The van der Waals surface area contributed by atoms with Gasteiger partial charge in [-0.3, -0.25) is 19.1 Å². The molecule has 0 saturated carbocycles. The first-order chi connectivity index (χ1) is 13.5. The minimum Gasteiger partial charge on any atom is -0.338 e. The van der Waals surface area contributed by atoms with E-state index in [0.29, 0.717) is 26.2 Å². The van der Waals surface area contributed by atoms with Gasteiger partial charge in [-0.1, -0.05) is 11.6 Å². The maximum atomic E-state index is 13.0. The van der Waals surface area contributed by atoms with E-state index in [-0.39, 0.29) is 11.6 Å². The molecule has 1 saturated heterocycles. The topological polar surface area (TPSA) is 59.2 Å². The van der Waals surface area contributed by atoms with Crippen LogP contribution in [-0.4, -0.2) is 61.4 Å². The number of aryl methyl sites for hydroxylation is 2. The van der Waals surface area contributed by atoms with E-state index in [0.717, 1.165) is 22.5 Å². The Labute approximate surface area is 172 Å². The van der Waals surface area contributed by atoms with Gasteiger partial charge in [-0.05, 0) is 20.8 Å². The zero-order valence-corrected chi connectivity index (χ0v) is 17.5.